The molecule has 0 aromatic carbocycles. The molecule has 24 heavy (non-hydrogen) atoms. The molecule has 3 heterocycles. The molecule has 0 atom stereocenters. The zero-order valence-electron chi connectivity index (χ0n) is 14.8. The van der Waals surface area contributed by atoms with Gasteiger partial charge in [0.05, 0.1) is 6.54 Å². The van der Waals surface area contributed by atoms with Crippen LogP contribution < -0.4 is 10.2 Å². The molecule has 2 aromatic heterocycles. The molecular formula is C17H27N7. The summed E-state index contributed by atoms with van der Waals surface area (Å²) in [5.74, 6) is 3.01. The zero-order valence-corrected chi connectivity index (χ0v) is 14.8. The molecule has 3 rings (SSSR count). The largest absolute Gasteiger partial charge is 0.373 e. The number of rotatable bonds is 5. The molecule has 0 unspecified atom stereocenters. The first-order valence-electron chi connectivity index (χ1n) is 8.66. The quantitative estimate of drug-likeness (QED) is 0.905. The molecule has 130 valence electrons. The molecular weight excluding hydrogens is 302 g/mol. The molecule has 7 nitrogen and oxygen atoms in total. The topological polar surface area (TPSA) is 62.1 Å². The molecule has 1 aliphatic rings. The average Bonchev–Trinajstić information content (AvgIpc) is 2.93. The Morgan fingerprint density at radius 3 is 2.79 bits per heavy atom. The van der Waals surface area contributed by atoms with E-state index in [9.17, 15) is 0 Å². The highest BCUT2D eigenvalue weighted by Crippen LogP contribution is 2.17. The van der Waals surface area contributed by atoms with Gasteiger partial charge in [-0.1, -0.05) is 0 Å². The SMILES string of the molecule is CNc1cc(N2CCCN(Cc3nccn3C(C)C)CC2)ncn1. The van der Waals surface area contributed by atoms with E-state index in [0.717, 1.165) is 56.6 Å². The van der Waals surface area contributed by atoms with Crippen molar-refractivity contribution >= 4 is 11.6 Å². The van der Waals surface area contributed by atoms with Crippen molar-refractivity contribution in [3.63, 3.8) is 0 Å². The molecule has 0 aliphatic carbocycles. The second-order valence-electron chi connectivity index (χ2n) is 6.47. The second-order valence-corrected chi connectivity index (χ2v) is 6.47. The van der Waals surface area contributed by atoms with Crippen LogP contribution in [0.25, 0.3) is 0 Å². The first-order valence-corrected chi connectivity index (χ1v) is 8.66. The third-order valence-corrected chi connectivity index (χ3v) is 4.49. The van der Waals surface area contributed by atoms with Gasteiger partial charge >= 0.3 is 0 Å². The lowest BCUT2D eigenvalue weighted by atomic mass is 10.3. The Labute approximate surface area is 143 Å². The summed E-state index contributed by atoms with van der Waals surface area (Å²) < 4.78 is 2.26. The lowest BCUT2D eigenvalue weighted by Crippen LogP contribution is -2.31. The summed E-state index contributed by atoms with van der Waals surface area (Å²) >= 11 is 0. The van der Waals surface area contributed by atoms with Gasteiger partial charge < -0.3 is 14.8 Å². The number of nitrogens with zero attached hydrogens (tertiary/aromatic N) is 6. The van der Waals surface area contributed by atoms with Crippen LogP contribution in [0.4, 0.5) is 11.6 Å². The Balaban J connectivity index is 1.63. The molecule has 0 amide bonds. The fourth-order valence-corrected chi connectivity index (χ4v) is 3.15. The van der Waals surface area contributed by atoms with Gasteiger partial charge in [0, 0.05) is 57.7 Å². The van der Waals surface area contributed by atoms with Gasteiger partial charge in [0.1, 0.15) is 23.8 Å². The number of hydrogen-bond acceptors (Lipinski definition) is 6. The van der Waals surface area contributed by atoms with E-state index in [0.29, 0.717) is 6.04 Å². The van der Waals surface area contributed by atoms with Crippen molar-refractivity contribution in [2.24, 2.45) is 0 Å². The zero-order chi connectivity index (χ0) is 16.9. The van der Waals surface area contributed by atoms with Crippen LogP contribution in [0, 0.1) is 0 Å². The first-order chi connectivity index (χ1) is 11.7. The van der Waals surface area contributed by atoms with Crippen LogP contribution in [0.2, 0.25) is 0 Å². The fourth-order valence-electron chi connectivity index (χ4n) is 3.15. The number of anilines is 2. The minimum Gasteiger partial charge on any atom is -0.373 e. The third kappa shape index (κ3) is 3.84. The van der Waals surface area contributed by atoms with Crippen LogP contribution in [-0.4, -0.2) is 57.6 Å². The van der Waals surface area contributed by atoms with E-state index >= 15 is 0 Å². The predicted molar refractivity (Wildman–Crippen MR) is 96.3 cm³/mol. The van der Waals surface area contributed by atoms with Gasteiger partial charge in [0.15, 0.2) is 0 Å². The van der Waals surface area contributed by atoms with Crippen molar-refractivity contribution in [1.82, 2.24) is 24.4 Å². The van der Waals surface area contributed by atoms with Gasteiger partial charge in [0.2, 0.25) is 0 Å². The fraction of sp³-hybridized carbons (Fsp3) is 0.588. The molecule has 2 aromatic rings. The number of imidazole rings is 1. The third-order valence-electron chi connectivity index (χ3n) is 4.49. The summed E-state index contributed by atoms with van der Waals surface area (Å²) in [5.41, 5.74) is 0. The molecule has 0 saturated carbocycles. The van der Waals surface area contributed by atoms with E-state index < -0.39 is 0 Å². The summed E-state index contributed by atoms with van der Waals surface area (Å²) in [4.78, 5) is 18.0. The van der Waals surface area contributed by atoms with E-state index in [-0.39, 0.29) is 0 Å². The summed E-state index contributed by atoms with van der Waals surface area (Å²) in [6.07, 6.45) is 6.73. The maximum absolute atomic E-state index is 4.54. The van der Waals surface area contributed by atoms with Gasteiger partial charge in [-0.2, -0.15) is 0 Å². The van der Waals surface area contributed by atoms with Crippen LogP contribution in [0.1, 0.15) is 32.1 Å². The summed E-state index contributed by atoms with van der Waals surface area (Å²) in [6.45, 7) is 9.41. The molecule has 7 heteroatoms. The maximum atomic E-state index is 4.54. The van der Waals surface area contributed by atoms with Gasteiger partial charge in [-0.05, 0) is 20.3 Å². The minimum atomic E-state index is 0.451. The highest BCUT2D eigenvalue weighted by molar-refractivity contribution is 5.48. The van der Waals surface area contributed by atoms with Crippen LogP contribution in [-0.2, 0) is 6.54 Å². The number of nitrogens with one attached hydrogen (secondary N) is 1. The molecule has 0 bridgehead atoms. The second kappa shape index (κ2) is 7.61. The van der Waals surface area contributed by atoms with Crippen molar-refractivity contribution in [2.75, 3.05) is 43.4 Å². The average molecular weight is 329 g/mol. The van der Waals surface area contributed by atoms with Gasteiger partial charge in [-0.3, -0.25) is 4.90 Å². The summed E-state index contributed by atoms with van der Waals surface area (Å²) in [7, 11) is 1.88. The Bertz CT molecular complexity index is 652. The molecule has 1 N–H and O–H groups in total. The van der Waals surface area contributed by atoms with Crippen LogP contribution in [0.3, 0.4) is 0 Å². The van der Waals surface area contributed by atoms with Crippen LogP contribution >= 0.6 is 0 Å². The number of hydrogen-bond donors (Lipinski definition) is 1. The Hall–Kier alpha value is -2.15. The van der Waals surface area contributed by atoms with Gasteiger partial charge in [0.25, 0.3) is 0 Å². The molecule has 0 radical (unpaired) electrons. The normalized spacial score (nSPS) is 16.4. The van der Waals surface area contributed by atoms with E-state index in [1.807, 2.05) is 19.3 Å². The van der Waals surface area contributed by atoms with E-state index in [4.69, 9.17) is 0 Å². The molecule has 0 spiro atoms. The van der Waals surface area contributed by atoms with Crippen LogP contribution in [0.5, 0.6) is 0 Å². The summed E-state index contributed by atoms with van der Waals surface area (Å²) in [6, 6.07) is 2.47. The minimum absolute atomic E-state index is 0.451. The van der Waals surface area contributed by atoms with Crippen molar-refractivity contribution < 1.29 is 0 Å². The highest BCUT2D eigenvalue weighted by Gasteiger charge is 2.18. The molecule has 1 saturated heterocycles. The monoisotopic (exact) mass is 329 g/mol. The first kappa shape index (κ1) is 16.7. The van der Waals surface area contributed by atoms with Crippen LogP contribution in [0.15, 0.2) is 24.8 Å². The lowest BCUT2D eigenvalue weighted by Gasteiger charge is -2.23. The van der Waals surface area contributed by atoms with Crippen molar-refractivity contribution in [1.29, 1.82) is 0 Å². The molecule has 1 aliphatic heterocycles. The molecule has 1 fully saturated rings. The standard InChI is InChI=1S/C17H27N7/c1-14(2)24-8-5-19-17(24)12-22-6-4-7-23(10-9-22)16-11-15(18-3)20-13-21-16/h5,8,11,13-14H,4,6-7,9-10,12H2,1-3H3,(H,18,20,21). The Morgan fingerprint density at radius 2 is 2.00 bits per heavy atom. The highest BCUT2D eigenvalue weighted by atomic mass is 15.3. The maximum Gasteiger partial charge on any atom is 0.134 e. The number of aromatic nitrogens is 4. The predicted octanol–water partition coefficient (Wildman–Crippen LogP) is 2.01. The van der Waals surface area contributed by atoms with E-state index in [2.05, 4.69) is 54.7 Å². The smallest absolute Gasteiger partial charge is 0.134 e. The van der Waals surface area contributed by atoms with Gasteiger partial charge in [-0.15, -0.1) is 0 Å². The van der Waals surface area contributed by atoms with Gasteiger partial charge in [-0.25, -0.2) is 15.0 Å². The van der Waals surface area contributed by atoms with E-state index in [1.54, 1.807) is 6.33 Å². The lowest BCUT2D eigenvalue weighted by molar-refractivity contribution is 0.272. The Kier molecular flexibility index (Phi) is 5.30. The van der Waals surface area contributed by atoms with Crippen molar-refractivity contribution in [2.45, 2.75) is 32.9 Å². The van der Waals surface area contributed by atoms with Crippen molar-refractivity contribution in [3.8, 4) is 0 Å². The van der Waals surface area contributed by atoms with E-state index in [1.165, 1.54) is 0 Å². The van der Waals surface area contributed by atoms with Crippen molar-refractivity contribution in [3.05, 3.63) is 30.6 Å². The Morgan fingerprint density at radius 1 is 1.12 bits per heavy atom. The summed E-state index contributed by atoms with van der Waals surface area (Å²) in [5, 5.41) is 3.08.